The van der Waals surface area contributed by atoms with Crippen molar-refractivity contribution in [3.05, 3.63) is 76.3 Å². The van der Waals surface area contributed by atoms with Crippen LogP contribution in [0.25, 0.3) is 10.8 Å². The summed E-state index contributed by atoms with van der Waals surface area (Å²) in [7, 11) is 0. The second-order valence-corrected chi connectivity index (χ2v) is 6.11. The number of rotatable bonds is 4. The molecule has 0 saturated heterocycles. The molecule has 8 heteroatoms. The van der Waals surface area contributed by atoms with Gasteiger partial charge in [-0.15, -0.1) is 0 Å². The monoisotopic (exact) mass is 377 g/mol. The Morgan fingerprint density at radius 3 is 2.54 bits per heavy atom. The Labute approximate surface area is 159 Å². The van der Waals surface area contributed by atoms with Crippen molar-refractivity contribution in [3.63, 3.8) is 0 Å². The Bertz CT molecular complexity index is 1100. The van der Waals surface area contributed by atoms with Gasteiger partial charge in [0.2, 0.25) is 6.10 Å². The molecule has 0 saturated carbocycles. The minimum atomic E-state index is -0.878. The van der Waals surface area contributed by atoms with Crippen molar-refractivity contribution in [2.75, 3.05) is 6.61 Å². The maximum absolute atomic E-state index is 12.3. The zero-order valence-electron chi connectivity index (χ0n) is 14.6. The van der Waals surface area contributed by atoms with E-state index in [0.717, 1.165) is 10.8 Å². The molecular weight excluding hydrogens is 362 g/mol. The highest BCUT2D eigenvalue weighted by Gasteiger charge is 2.27. The molecule has 1 atom stereocenters. The van der Waals surface area contributed by atoms with E-state index in [4.69, 9.17) is 9.47 Å². The van der Waals surface area contributed by atoms with E-state index in [1.807, 2.05) is 36.4 Å². The number of hydrogen-bond donors (Lipinski definition) is 1. The first-order chi connectivity index (χ1) is 13.6. The first-order valence-corrected chi connectivity index (χ1v) is 8.50. The summed E-state index contributed by atoms with van der Waals surface area (Å²) in [6.45, 7) is 0.0399. The maximum atomic E-state index is 12.3. The van der Waals surface area contributed by atoms with E-state index in [2.05, 4.69) is 10.5 Å². The van der Waals surface area contributed by atoms with Gasteiger partial charge in [-0.05, 0) is 29.0 Å². The fraction of sp³-hybridized carbons (Fsp3) is 0.100. The molecule has 3 aromatic carbocycles. The second kappa shape index (κ2) is 7.36. The molecule has 0 aliphatic carbocycles. The Morgan fingerprint density at radius 2 is 1.79 bits per heavy atom. The van der Waals surface area contributed by atoms with Crippen LogP contribution in [0.5, 0.6) is 11.5 Å². The lowest BCUT2D eigenvalue weighted by atomic mass is 10.1. The average Bonchev–Trinajstić information content (AvgIpc) is 2.72. The maximum Gasteiger partial charge on any atom is 0.284 e. The number of hydrazone groups is 1. The SMILES string of the molecule is O=C(N/N=C/c1ccccc1[N+](=O)[O-])[C@H]1COc2cc3ccccc3cc2O1. The van der Waals surface area contributed by atoms with Gasteiger partial charge in [0.05, 0.1) is 16.7 Å². The van der Waals surface area contributed by atoms with Crippen LogP contribution in [0.15, 0.2) is 65.8 Å². The van der Waals surface area contributed by atoms with Crippen molar-refractivity contribution < 1.29 is 19.2 Å². The van der Waals surface area contributed by atoms with Gasteiger partial charge >= 0.3 is 0 Å². The van der Waals surface area contributed by atoms with Gasteiger partial charge in [0.25, 0.3) is 11.6 Å². The zero-order chi connectivity index (χ0) is 19.5. The minimum absolute atomic E-state index is 0.0399. The smallest absolute Gasteiger partial charge is 0.284 e. The summed E-state index contributed by atoms with van der Waals surface area (Å²) >= 11 is 0. The summed E-state index contributed by atoms with van der Waals surface area (Å²) in [5.74, 6) is 0.549. The van der Waals surface area contributed by atoms with Crippen molar-refractivity contribution >= 4 is 28.6 Å². The van der Waals surface area contributed by atoms with Crippen molar-refractivity contribution in [1.82, 2.24) is 5.43 Å². The average molecular weight is 377 g/mol. The molecule has 3 aromatic rings. The molecule has 4 rings (SSSR count). The largest absolute Gasteiger partial charge is 0.485 e. The number of amides is 1. The minimum Gasteiger partial charge on any atom is -0.485 e. The van der Waals surface area contributed by atoms with Gasteiger partial charge in [-0.2, -0.15) is 5.10 Å². The van der Waals surface area contributed by atoms with Crippen LogP contribution in [0.1, 0.15) is 5.56 Å². The number of fused-ring (bicyclic) bond motifs is 2. The lowest BCUT2D eigenvalue weighted by Gasteiger charge is -2.25. The molecule has 1 aliphatic heterocycles. The predicted molar refractivity (Wildman–Crippen MR) is 103 cm³/mol. The molecular formula is C20H15N3O5. The van der Waals surface area contributed by atoms with Crippen LogP contribution in [-0.4, -0.2) is 29.8 Å². The van der Waals surface area contributed by atoms with Gasteiger partial charge in [-0.1, -0.05) is 36.4 Å². The first-order valence-electron chi connectivity index (χ1n) is 8.50. The molecule has 0 unspecified atom stereocenters. The second-order valence-electron chi connectivity index (χ2n) is 6.11. The van der Waals surface area contributed by atoms with Gasteiger partial charge in [-0.3, -0.25) is 14.9 Å². The van der Waals surface area contributed by atoms with Gasteiger partial charge in [0.15, 0.2) is 11.5 Å². The van der Waals surface area contributed by atoms with Crippen LogP contribution in [0.4, 0.5) is 5.69 Å². The number of hydrogen-bond acceptors (Lipinski definition) is 6. The summed E-state index contributed by atoms with van der Waals surface area (Å²) < 4.78 is 11.4. The van der Waals surface area contributed by atoms with Crippen molar-refractivity contribution in [3.8, 4) is 11.5 Å². The normalized spacial score (nSPS) is 15.5. The summed E-state index contributed by atoms with van der Waals surface area (Å²) in [6, 6.07) is 17.6. The van der Waals surface area contributed by atoms with Crippen molar-refractivity contribution in [2.24, 2.45) is 5.10 Å². The van der Waals surface area contributed by atoms with Crippen molar-refractivity contribution in [1.29, 1.82) is 0 Å². The molecule has 1 aliphatic rings. The number of carbonyl (C=O) groups excluding carboxylic acids is 1. The molecule has 0 radical (unpaired) electrons. The number of nitrogens with one attached hydrogen (secondary N) is 1. The molecule has 8 nitrogen and oxygen atoms in total. The fourth-order valence-corrected chi connectivity index (χ4v) is 2.89. The number of nitro benzene ring substituents is 1. The summed E-state index contributed by atoms with van der Waals surface area (Å²) in [5, 5.41) is 16.8. The van der Waals surface area contributed by atoms with Crippen LogP contribution >= 0.6 is 0 Å². The topological polar surface area (TPSA) is 103 Å². The highest BCUT2D eigenvalue weighted by Crippen LogP contribution is 2.35. The number of nitro groups is 1. The van der Waals surface area contributed by atoms with E-state index in [1.165, 1.54) is 18.3 Å². The fourth-order valence-electron chi connectivity index (χ4n) is 2.89. The summed E-state index contributed by atoms with van der Waals surface area (Å²) in [5.41, 5.74) is 2.52. The van der Waals surface area contributed by atoms with E-state index < -0.39 is 16.9 Å². The highest BCUT2D eigenvalue weighted by atomic mass is 16.6. The predicted octanol–water partition coefficient (Wildman–Crippen LogP) is 3.04. The number of nitrogens with zero attached hydrogens (tertiary/aromatic N) is 2. The molecule has 1 N–H and O–H groups in total. The molecule has 0 bridgehead atoms. The van der Waals surface area contributed by atoms with Crippen molar-refractivity contribution in [2.45, 2.75) is 6.10 Å². The van der Waals surface area contributed by atoms with E-state index in [0.29, 0.717) is 11.5 Å². The Hall–Kier alpha value is -3.94. The lowest BCUT2D eigenvalue weighted by Crippen LogP contribution is -2.42. The zero-order valence-corrected chi connectivity index (χ0v) is 14.6. The van der Waals surface area contributed by atoms with Gasteiger partial charge in [0.1, 0.15) is 6.61 Å². The number of ether oxygens (including phenoxy) is 2. The van der Waals surface area contributed by atoms with E-state index in [9.17, 15) is 14.9 Å². The molecule has 0 aromatic heterocycles. The van der Waals surface area contributed by atoms with Crippen LogP contribution in [0.2, 0.25) is 0 Å². The standard InChI is InChI=1S/C20H15N3O5/c24-20(22-21-11-15-7-3-4-8-16(15)23(25)26)19-12-27-17-9-13-5-1-2-6-14(13)10-18(17)28-19/h1-11,19H,12H2,(H,22,24)/b21-11+/t19-/m1/s1. The number of carbonyl (C=O) groups is 1. The first kappa shape index (κ1) is 17.5. The van der Waals surface area contributed by atoms with Gasteiger partial charge < -0.3 is 9.47 Å². The Kier molecular flexibility index (Phi) is 4.59. The molecule has 0 spiro atoms. The third-order valence-corrected chi connectivity index (χ3v) is 4.28. The molecule has 140 valence electrons. The quantitative estimate of drug-likeness (QED) is 0.428. The van der Waals surface area contributed by atoms with Crippen LogP contribution in [0, 0.1) is 10.1 Å². The third kappa shape index (κ3) is 3.48. The van der Waals surface area contributed by atoms with E-state index in [-0.39, 0.29) is 17.9 Å². The number of para-hydroxylation sites is 1. The third-order valence-electron chi connectivity index (χ3n) is 4.28. The van der Waals surface area contributed by atoms with Crippen LogP contribution < -0.4 is 14.9 Å². The summed E-state index contributed by atoms with van der Waals surface area (Å²) in [4.78, 5) is 22.8. The lowest BCUT2D eigenvalue weighted by molar-refractivity contribution is -0.385. The van der Waals surface area contributed by atoms with E-state index >= 15 is 0 Å². The summed E-state index contributed by atoms with van der Waals surface area (Å²) in [6.07, 6.45) is 0.345. The highest BCUT2D eigenvalue weighted by molar-refractivity contribution is 5.89. The molecule has 1 amide bonds. The Balaban J connectivity index is 1.45. The van der Waals surface area contributed by atoms with Crippen LogP contribution in [0.3, 0.4) is 0 Å². The molecule has 0 fully saturated rings. The Morgan fingerprint density at radius 1 is 1.11 bits per heavy atom. The van der Waals surface area contributed by atoms with E-state index in [1.54, 1.807) is 12.1 Å². The van der Waals surface area contributed by atoms with Gasteiger partial charge in [-0.25, -0.2) is 5.43 Å². The van der Waals surface area contributed by atoms with Gasteiger partial charge in [0, 0.05) is 6.07 Å². The number of benzene rings is 3. The van der Waals surface area contributed by atoms with Crippen LogP contribution in [-0.2, 0) is 4.79 Å². The molecule has 1 heterocycles. The molecule has 28 heavy (non-hydrogen) atoms.